The Hall–Kier alpha value is -2.28. The topological polar surface area (TPSA) is 85.3 Å². The van der Waals surface area contributed by atoms with Gasteiger partial charge < -0.3 is 24.2 Å². The van der Waals surface area contributed by atoms with Crippen molar-refractivity contribution in [1.29, 1.82) is 0 Å². The van der Waals surface area contributed by atoms with E-state index in [0.717, 1.165) is 24.2 Å². The number of likely N-dealkylation sites (tertiary alicyclic amines) is 1. The van der Waals surface area contributed by atoms with Crippen LogP contribution in [0, 0.1) is 5.92 Å². The van der Waals surface area contributed by atoms with E-state index in [-0.39, 0.29) is 42.9 Å². The van der Waals surface area contributed by atoms with Crippen LogP contribution in [0.2, 0.25) is 0 Å². The van der Waals surface area contributed by atoms with E-state index in [9.17, 15) is 9.59 Å². The fourth-order valence-corrected chi connectivity index (χ4v) is 5.08. The molecule has 1 aromatic carbocycles. The van der Waals surface area contributed by atoms with Gasteiger partial charge in [-0.3, -0.25) is 9.59 Å². The van der Waals surface area contributed by atoms with E-state index in [4.69, 9.17) is 19.3 Å². The van der Waals surface area contributed by atoms with E-state index < -0.39 is 11.6 Å². The molecule has 0 spiro atoms. The van der Waals surface area contributed by atoms with Crippen molar-refractivity contribution in [3.05, 3.63) is 23.8 Å². The Morgan fingerprint density at radius 2 is 2.10 bits per heavy atom. The summed E-state index contributed by atoms with van der Waals surface area (Å²) in [6.07, 6.45) is 2.18. The Balaban J connectivity index is 1.55. The first kappa shape index (κ1) is 20.0. The monoisotopic (exact) mass is 403 g/mol. The lowest BCUT2D eigenvalue weighted by Gasteiger charge is -2.50. The van der Waals surface area contributed by atoms with Crippen molar-refractivity contribution >= 4 is 11.9 Å². The predicted molar refractivity (Wildman–Crippen MR) is 105 cm³/mol. The van der Waals surface area contributed by atoms with Gasteiger partial charge in [0.2, 0.25) is 5.91 Å². The number of amides is 1. The number of benzene rings is 1. The third-order valence-electron chi connectivity index (χ3n) is 6.56. The Morgan fingerprint density at radius 1 is 1.31 bits per heavy atom. The molecule has 3 aliphatic rings. The summed E-state index contributed by atoms with van der Waals surface area (Å²) in [5.74, 6) is 0.727. The van der Waals surface area contributed by atoms with Crippen LogP contribution in [0.4, 0.5) is 0 Å². The van der Waals surface area contributed by atoms with Crippen LogP contribution in [0.1, 0.15) is 57.6 Å². The standard InChI is InChI=1S/C22H29NO6/c1-22(2)14-12-15-16(10-11-23(15)18(24)8-5-9-19(25)26)28-20(14)13-6-4-7-17(27-3)21(13)29-22/h4,6-7,14-16,20H,5,8-12H2,1-3H3,(H,25,26)/t14-,15+,16-,20+/m0/s1. The fraction of sp³-hybridized carbons (Fsp3) is 0.636. The summed E-state index contributed by atoms with van der Waals surface area (Å²) < 4.78 is 18.4. The second kappa shape index (κ2) is 7.52. The van der Waals surface area contributed by atoms with Gasteiger partial charge in [0.1, 0.15) is 5.60 Å². The highest BCUT2D eigenvalue weighted by atomic mass is 16.5. The molecule has 0 aromatic heterocycles. The Bertz CT molecular complexity index is 806. The minimum Gasteiger partial charge on any atom is -0.493 e. The van der Waals surface area contributed by atoms with Gasteiger partial charge in [0.15, 0.2) is 11.5 Å². The number of rotatable bonds is 5. The molecular weight excluding hydrogens is 374 g/mol. The van der Waals surface area contributed by atoms with Crippen LogP contribution in [0.5, 0.6) is 11.5 Å². The first-order valence-electron chi connectivity index (χ1n) is 10.3. The van der Waals surface area contributed by atoms with Gasteiger partial charge in [-0.25, -0.2) is 0 Å². The van der Waals surface area contributed by atoms with Crippen LogP contribution in [-0.4, -0.2) is 53.3 Å². The highest BCUT2D eigenvalue weighted by Crippen LogP contribution is 2.54. The molecule has 2 saturated heterocycles. The van der Waals surface area contributed by atoms with E-state index in [1.54, 1.807) is 7.11 Å². The van der Waals surface area contributed by atoms with Crippen molar-refractivity contribution in [2.24, 2.45) is 5.92 Å². The molecule has 2 fully saturated rings. The number of aliphatic carboxylic acids is 1. The molecule has 0 bridgehead atoms. The number of hydrogen-bond acceptors (Lipinski definition) is 5. The van der Waals surface area contributed by atoms with Crippen LogP contribution in [-0.2, 0) is 14.3 Å². The summed E-state index contributed by atoms with van der Waals surface area (Å²) in [7, 11) is 1.64. The lowest BCUT2D eigenvalue weighted by molar-refractivity contribution is -0.168. The summed E-state index contributed by atoms with van der Waals surface area (Å²) in [6.45, 7) is 4.79. The molecule has 1 aromatic rings. The van der Waals surface area contributed by atoms with E-state index in [2.05, 4.69) is 13.8 Å². The summed E-state index contributed by atoms with van der Waals surface area (Å²) in [5, 5.41) is 8.82. The van der Waals surface area contributed by atoms with Gasteiger partial charge >= 0.3 is 5.97 Å². The molecule has 7 heteroatoms. The van der Waals surface area contributed by atoms with E-state index in [1.807, 2.05) is 23.1 Å². The highest BCUT2D eigenvalue weighted by molar-refractivity contribution is 5.77. The zero-order valence-corrected chi connectivity index (χ0v) is 17.2. The molecule has 3 aliphatic heterocycles. The summed E-state index contributed by atoms with van der Waals surface area (Å²) >= 11 is 0. The number of nitrogens with zero attached hydrogens (tertiary/aromatic N) is 1. The van der Waals surface area contributed by atoms with Gasteiger partial charge in [-0.2, -0.15) is 0 Å². The van der Waals surface area contributed by atoms with Crippen molar-refractivity contribution in [3.8, 4) is 11.5 Å². The maximum atomic E-state index is 12.7. The minimum absolute atomic E-state index is 0.00683. The average molecular weight is 403 g/mol. The molecule has 0 unspecified atom stereocenters. The van der Waals surface area contributed by atoms with Crippen molar-refractivity contribution in [2.75, 3.05) is 13.7 Å². The first-order chi connectivity index (χ1) is 13.8. The van der Waals surface area contributed by atoms with Gasteiger partial charge in [0.05, 0.1) is 25.4 Å². The van der Waals surface area contributed by atoms with E-state index in [0.29, 0.717) is 18.7 Å². The van der Waals surface area contributed by atoms with Crippen LogP contribution >= 0.6 is 0 Å². The number of carbonyl (C=O) groups is 2. The van der Waals surface area contributed by atoms with Crippen LogP contribution < -0.4 is 9.47 Å². The summed E-state index contributed by atoms with van der Waals surface area (Å²) in [6, 6.07) is 5.91. The zero-order chi connectivity index (χ0) is 20.8. The van der Waals surface area contributed by atoms with Crippen molar-refractivity contribution in [1.82, 2.24) is 4.90 Å². The minimum atomic E-state index is -0.865. The lowest BCUT2D eigenvalue weighted by atomic mass is 9.74. The van der Waals surface area contributed by atoms with Gasteiger partial charge in [-0.05, 0) is 39.2 Å². The third kappa shape index (κ3) is 3.56. The second-order valence-electron chi connectivity index (χ2n) is 8.71. The number of carboxylic acid groups (broad SMARTS) is 1. The van der Waals surface area contributed by atoms with Gasteiger partial charge in [0.25, 0.3) is 0 Å². The normalized spacial score (nSPS) is 29.3. The SMILES string of the molecule is COc1cccc2c1OC(C)(C)[C@H]1C[C@@H]3[C@H](CCN3C(=O)CCCC(=O)O)O[C@H]21. The third-order valence-corrected chi connectivity index (χ3v) is 6.56. The summed E-state index contributed by atoms with van der Waals surface area (Å²) in [4.78, 5) is 25.4. The predicted octanol–water partition coefficient (Wildman–Crippen LogP) is 3.17. The number of carboxylic acids is 1. The number of ether oxygens (including phenoxy) is 3. The smallest absolute Gasteiger partial charge is 0.303 e. The maximum Gasteiger partial charge on any atom is 0.303 e. The molecule has 4 atom stereocenters. The number of para-hydroxylation sites is 1. The lowest BCUT2D eigenvalue weighted by Crippen LogP contribution is -2.54. The Morgan fingerprint density at radius 3 is 2.83 bits per heavy atom. The summed E-state index contributed by atoms with van der Waals surface area (Å²) in [5.41, 5.74) is 0.552. The molecule has 0 saturated carbocycles. The van der Waals surface area contributed by atoms with Gasteiger partial charge in [0, 0.05) is 30.9 Å². The molecule has 158 valence electrons. The van der Waals surface area contributed by atoms with E-state index in [1.165, 1.54) is 0 Å². The van der Waals surface area contributed by atoms with Gasteiger partial charge in [-0.15, -0.1) is 0 Å². The van der Waals surface area contributed by atoms with Crippen LogP contribution in [0.3, 0.4) is 0 Å². The fourth-order valence-electron chi connectivity index (χ4n) is 5.08. The first-order valence-corrected chi connectivity index (χ1v) is 10.3. The quantitative estimate of drug-likeness (QED) is 0.813. The molecule has 7 nitrogen and oxygen atoms in total. The molecule has 1 N–H and O–H groups in total. The number of fused-ring (bicyclic) bond motifs is 4. The van der Waals surface area contributed by atoms with Crippen molar-refractivity contribution < 1.29 is 28.9 Å². The molecule has 4 rings (SSSR count). The largest absolute Gasteiger partial charge is 0.493 e. The molecular formula is C22H29NO6. The Labute approximate surface area is 170 Å². The number of methoxy groups -OCH3 is 1. The van der Waals surface area contributed by atoms with Crippen LogP contribution in [0.25, 0.3) is 0 Å². The number of hydrogen-bond donors (Lipinski definition) is 1. The molecule has 3 heterocycles. The molecule has 0 radical (unpaired) electrons. The van der Waals surface area contributed by atoms with E-state index >= 15 is 0 Å². The second-order valence-corrected chi connectivity index (χ2v) is 8.71. The van der Waals surface area contributed by atoms with Crippen molar-refractivity contribution in [2.45, 2.75) is 69.8 Å². The zero-order valence-electron chi connectivity index (χ0n) is 17.2. The highest BCUT2D eigenvalue weighted by Gasteiger charge is 2.54. The molecule has 1 amide bonds. The molecule has 0 aliphatic carbocycles. The molecule has 29 heavy (non-hydrogen) atoms. The van der Waals surface area contributed by atoms with Gasteiger partial charge in [-0.1, -0.05) is 12.1 Å². The van der Waals surface area contributed by atoms with Crippen molar-refractivity contribution in [3.63, 3.8) is 0 Å². The Kier molecular flexibility index (Phi) is 5.19. The average Bonchev–Trinajstić information content (AvgIpc) is 3.09. The van der Waals surface area contributed by atoms with Crippen LogP contribution in [0.15, 0.2) is 18.2 Å². The maximum absolute atomic E-state index is 12.7. The number of carbonyl (C=O) groups excluding carboxylic acids is 1.